The second-order valence-electron chi connectivity index (χ2n) is 6.32. The zero-order valence-electron chi connectivity index (χ0n) is 15.8. The molecule has 8 nitrogen and oxygen atoms in total. The molecule has 3 heterocycles. The molecule has 0 aliphatic rings. The number of ether oxygens (including phenoxy) is 1. The average Bonchev–Trinajstić information content (AvgIpc) is 3.14. The van der Waals surface area contributed by atoms with Crippen LogP contribution in [0.1, 0.15) is 21.1 Å². The molecular weight excluding hydrogens is 370 g/mol. The van der Waals surface area contributed by atoms with E-state index < -0.39 is 5.91 Å². The molecule has 0 radical (unpaired) electrons. The normalized spacial score (nSPS) is 10.9. The lowest BCUT2D eigenvalue weighted by Crippen LogP contribution is -2.28. The van der Waals surface area contributed by atoms with E-state index in [4.69, 9.17) is 4.74 Å². The summed E-state index contributed by atoms with van der Waals surface area (Å²) in [6, 6.07) is 14.6. The second-order valence-corrected chi connectivity index (χ2v) is 6.32. The SMILES string of the molecule is COCCNC(=O)c1nc(C(=O)Nc2cccc3cccnc23)c2ccccn12. The number of imidazole rings is 1. The fourth-order valence-electron chi connectivity index (χ4n) is 3.10. The van der Waals surface area contributed by atoms with Gasteiger partial charge >= 0.3 is 0 Å². The average molecular weight is 389 g/mol. The Labute approximate surface area is 166 Å². The van der Waals surface area contributed by atoms with Crippen molar-refractivity contribution in [2.24, 2.45) is 0 Å². The molecule has 0 bridgehead atoms. The lowest BCUT2D eigenvalue weighted by atomic mass is 10.2. The van der Waals surface area contributed by atoms with Crippen molar-refractivity contribution in [3.63, 3.8) is 0 Å². The largest absolute Gasteiger partial charge is 0.383 e. The number of amides is 2. The van der Waals surface area contributed by atoms with Crippen LogP contribution in [-0.4, -0.2) is 46.4 Å². The Morgan fingerprint density at radius 3 is 2.79 bits per heavy atom. The number of anilines is 1. The summed E-state index contributed by atoms with van der Waals surface area (Å²) in [7, 11) is 1.56. The Bertz CT molecular complexity index is 1200. The van der Waals surface area contributed by atoms with Gasteiger partial charge in [0.05, 0.1) is 23.3 Å². The summed E-state index contributed by atoms with van der Waals surface area (Å²) in [4.78, 5) is 34.2. The minimum atomic E-state index is -0.414. The third-order valence-electron chi connectivity index (χ3n) is 4.44. The Hall–Kier alpha value is -3.78. The minimum Gasteiger partial charge on any atom is -0.383 e. The highest BCUT2D eigenvalue weighted by molar-refractivity contribution is 6.11. The third-order valence-corrected chi connectivity index (χ3v) is 4.44. The first-order valence-electron chi connectivity index (χ1n) is 9.08. The van der Waals surface area contributed by atoms with Crippen LogP contribution in [0, 0.1) is 0 Å². The summed E-state index contributed by atoms with van der Waals surface area (Å²) >= 11 is 0. The van der Waals surface area contributed by atoms with E-state index in [2.05, 4.69) is 20.6 Å². The van der Waals surface area contributed by atoms with Crippen LogP contribution >= 0.6 is 0 Å². The highest BCUT2D eigenvalue weighted by atomic mass is 16.5. The number of carbonyl (C=O) groups is 2. The maximum atomic E-state index is 13.0. The molecule has 1 aromatic carbocycles. The molecule has 0 unspecified atom stereocenters. The van der Waals surface area contributed by atoms with Gasteiger partial charge in [0.2, 0.25) is 5.82 Å². The fraction of sp³-hybridized carbons (Fsp3) is 0.143. The van der Waals surface area contributed by atoms with Gasteiger partial charge in [0.15, 0.2) is 5.69 Å². The lowest BCUT2D eigenvalue weighted by Gasteiger charge is -2.06. The van der Waals surface area contributed by atoms with E-state index in [0.717, 1.165) is 5.39 Å². The number of pyridine rings is 2. The summed E-state index contributed by atoms with van der Waals surface area (Å²) in [5.74, 6) is -0.658. The van der Waals surface area contributed by atoms with E-state index in [1.165, 1.54) is 0 Å². The second kappa shape index (κ2) is 8.07. The number of methoxy groups -OCH3 is 1. The fourth-order valence-corrected chi connectivity index (χ4v) is 3.10. The number of carbonyl (C=O) groups excluding carboxylic acids is 2. The molecular formula is C21H19N5O3. The number of nitrogens with one attached hydrogen (secondary N) is 2. The predicted octanol–water partition coefficient (Wildman–Crippen LogP) is 2.51. The molecule has 0 spiro atoms. The van der Waals surface area contributed by atoms with Crippen molar-refractivity contribution in [3.05, 3.63) is 72.4 Å². The number of rotatable bonds is 6. The van der Waals surface area contributed by atoms with Gasteiger partial charge in [-0.3, -0.25) is 19.0 Å². The molecule has 8 heteroatoms. The van der Waals surface area contributed by atoms with E-state index >= 15 is 0 Å². The molecule has 146 valence electrons. The van der Waals surface area contributed by atoms with Crippen molar-refractivity contribution >= 4 is 33.9 Å². The first-order chi connectivity index (χ1) is 14.2. The highest BCUT2D eigenvalue weighted by Crippen LogP contribution is 2.22. The first kappa shape index (κ1) is 18.6. The minimum absolute atomic E-state index is 0.137. The molecule has 0 fully saturated rings. The van der Waals surface area contributed by atoms with Crippen LogP contribution in [0.5, 0.6) is 0 Å². The summed E-state index contributed by atoms with van der Waals surface area (Å²) in [5, 5.41) is 6.51. The maximum absolute atomic E-state index is 13.0. The molecule has 0 saturated carbocycles. The van der Waals surface area contributed by atoms with Crippen LogP contribution < -0.4 is 10.6 Å². The van der Waals surface area contributed by atoms with Crippen LogP contribution in [0.3, 0.4) is 0 Å². The van der Waals surface area contributed by atoms with Crippen molar-refractivity contribution < 1.29 is 14.3 Å². The molecule has 3 aromatic heterocycles. The van der Waals surface area contributed by atoms with E-state index in [0.29, 0.717) is 29.9 Å². The number of benzene rings is 1. The topological polar surface area (TPSA) is 97.6 Å². The van der Waals surface area contributed by atoms with E-state index in [1.807, 2.05) is 24.3 Å². The molecule has 2 N–H and O–H groups in total. The Morgan fingerprint density at radius 1 is 1.07 bits per heavy atom. The smallest absolute Gasteiger partial charge is 0.287 e. The number of hydrogen-bond acceptors (Lipinski definition) is 5. The predicted molar refractivity (Wildman–Crippen MR) is 109 cm³/mol. The molecule has 4 rings (SSSR count). The van der Waals surface area contributed by atoms with Gasteiger partial charge in [-0.2, -0.15) is 0 Å². The zero-order chi connectivity index (χ0) is 20.2. The van der Waals surface area contributed by atoms with Gasteiger partial charge in [0, 0.05) is 31.4 Å². The van der Waals surface area contributed by atoms with E-state index in [1.54, 1.807) is 48.2 Å². The van der Waals surface area contributed by atoms with Crippen molar-refractivity contribution in [2.45, 2.75) is 0 Å². The van der Waals surface area contributed by atoms with Crippen molar-refractivity contribution in [1.82, 2.24) is 19.7 Å². The lowest BCUT2D eigenvalue weighted by molar-refractivity contribution is 0.0926. The van der Waals surface area contributed by atoms with Crippen LogP contribution in [0.4, 0.5) is 5.69 Å². The van der Waals surface area contributed by atoms with E-state index in [-0.39, 0.29) is 17.4 Å². The summed E-state index contributed by atoms with van der Waals surface area (Å²) < 4.78 is 6.54. The van der Waals surface area contributed by atoms with Gasteiger partial charge in [0.25, 0.3) is 11.8 Å². The molecule has 0 atom stereocenters. The van der Waals surface area contributed by atoms with Crippen LogP contribution in [0.25, 0.3) is 16.4 Å². The van der Waals surface area contributed by atoms with Crippen molar-refractivity contribution in [2.75, 3.05) is 25.6 Å². The molecule has 2 amide bonds. The quantitative estimate of drug-likeness (QED) is 0.494. The van der Waals surface area contributed by atoms with Gasteiger partial charge < -0.3 is 15.4 Å². The van der Waals surface area contributed by atoms with Gasteiger partial charge in [-0.1, -0.05) is 24.3 Å². The van der Waals surface area contributed by atoms with Gasteiger partial charge in [-0.15, -0.1) is 0 Å². The van der Waals surface area contributed by atoms with Crippen molar-refractivity contribution in [1.29, 1.82) is 0 Å². The number of para-hydroxylation sites is 1. The summed E-state index contributed by atoms with van der Waals surface area (Å²) in [5.41, 5.74) is 1.96. The Kier molecular flexibility index (Phi) is 5.17. The zero-order valence-corrected chi connectivity index (χ0v) is 15.8. The van der Waals surface area contributed by atoms with Gasteiger partial charge in [0.1, 0.15) is 0 Å². The highest BCUT2D eigenvalue weighted by Gasteiger charge is 2.21. The Balaban J connectivity index is 1.68. The summed E-state index contributed by atoms with van der Waals surface area (Å²) in [6.07, 6.45) is 3.37. The standard InChI is InChI=1S/C21H19N5O3/c1-29-13-11-23-21(28)19-25-18(16-9-2-3-12-26(16)19)20(27)24-15-8-4-6-14-7-5-10-22-17(14)15/h2-10,12H,11,13H2,1H3,(H,23,28)(H,24,27). The van der Waals surface area contributed by atoms with E-state index in [9.17, 15) is 9.59 Å². The van der Waals surface area contributed by atoms with Crippen molar-refractivity contribution in [3.8, 4) is 0 Å². The van der Waals surface area contributed by atoms with Gasteiger partial charge in [-0.25, -0.2) is 4.98 Å². The monoisotopic (exact) mass is 389 g/mol. The number of fused-ring (bicyclic) bond motifs is 2. The molecule has 4 aromatic rings. The first-order valence-corrected chi connectivity index (χ1v) is 9.08. The Morgan fingerprint density at radius 2 is 1.93 bits per heavy atom. The van der Waals surface area contributed by atoms with Crippen LogP contribution in [0.15, 0.2) is 60.9 Å². The maximum Gasteiger partial charge on any atom is 0.287 e. The molecule has 0 aliphatic carbocycles. The third kappa shape index (κ3) is 3.65. The summed E-state index contributed by atoms with van der Waals surface area (Å²) in [6.45, 7) is 0.733. The molecule has 0 saturated heterocycles. The van der Waals surface area contributed by atoms with Crippen LogP contribution in [-0.2, 0) is 4.74 Å². The molecule has 0 aliphatic heterocycles. The number of aromatic nitrogens is 3. The number of hydrogen-bond donors (Lipinski definition) is 2. The molecule has 29 heavy (non-hydrogen) atoms. The number of nitrogens with zero attached hydrogens (tertiary/aromatic N) is 3. The van der Waals surface area contributed by atoms with Gasteiger partial charge in [-0.05, 0) is 24.3 Å². The van der Waals surface area contributed by atoms with Crippen LogP contribution in [0.2, 0.25) is 0 Å².